The summed E-state index contributed by atoms with van der Waals surface area (Å²) >= 11 is 1.66. The molecule has 0 bridgehead atoms. The standard InChI is InChI=1S/C17H19NOS/c1-13(2)15-5-7-16(8-6-15)19-11-17-10-14(12-20-17)4-3-9-18/h5-8,10,12-13H,9,11,18H2,1-2H3. The van der Waals surface area contributed by atoms with E-state index in [9.17, 15) is 0 Å². The zero-order chi connectivity index (χ0) is 14.4. The average molecular weight is 285 g/mol. The van der Waals surface area contributed by atoms with Gasteiger partial charge in [-0.3, -0.25) is 0 Å². The molecular weight excluding hydrogens is 266 g/mol. The van der Waals surface area contributed by atoms with Crippen LogP contribution in [0, 0.1) is 11.8 Å². The van der Waals surface area contributed by atoms with Crippen LogP contribution >= 0.6 is 11.3 Å². The van der Waals surface area contributed by atoms with E-state index in [-0.39, 0.29) is 0 Å². The Bertz CT molecular complexity index is 602. The summed E-state index contributed by atoms with van der Waals surface area (Å²) in [6.07, 6.45) is 0. The Labute approximate surface area is 124 Å². The number of benzene rings is 1. The van der Waals surface area contributed by atoms with E-state index in [1.807, 2.05) is 17.5 Å². The summed E-state index contributed by atoms with van der Waals surface area (Å²) in [6, 6.07) is 10.3. The van der Waals surface area contributed by atoms with Crippen molar-refractivity contribution in [1.29, 1.82) is 0 Å². The van der Waals surface area contributed by atoms with Crippen molar-refractivity contribution in [3.05, 3.63) is 51.7 Å². The summed E-state index contributed by atoms with van der Waals surface area (Å²) < 4.78 is 5.78. The van der Waals surface area contributed by atoms with Crippen molar-refractivity contribution in [2.75, 3.05) is 6.54 Å². The summed E-state index contributed by atoms with van der Waals surface area (Å²) in [4.78, 5) is 1.17. The Morgan fingerprint density at radius 3 is 2.65 bits per heavy atom. The van der Waals surface area contributed by atoms with Crippen LogP contribution in [-0.2, 0) is 6.61 Å². The Balaban J connectivity index is 1.93. The van der Waals surface area contributed by atoms with Crippen molar-refractivity contribution in [3.63, 3.8) is 0 Å². The third-order valence-electron chi connectivity index (χ3n) is 2.92. The molecule has 0 spiro atoms. The van der Waals surface area contributed by atoms with E-state index in [4.69, 9.17) is 10.5 Å². The second-order valence-corrected chi connectivity index (χ2v) is 5.82. The largest absolute Gasteiger partial charge is 0.488 e. The fourth-order valence-corrected chi connectivity index (χ4v) is 2.51. The van der Waals surface area contributed by atoms with Gasteiger partial charge in [0.2, 0.25) is 0 Å². The molecule has 3 heteroatoms. The average Bonchev–Trinajstić information content (AvgIpc) is 2.91. The first kappa shape index (κ1) is 14.6. The van der Waals surface area contributed by atoms with E-state index >= 15 is 0 Å². The van der Waals surface area contributed by atoms with Gasteiger partial charge < -0.3 is 10.5 Å². The van der Waals surface area contributed by atoms with Gasteiger partial charge in [-0.05, 0) is 29.7 Å². The third-order valence-corrected chi connectivity index (χ3v) is 3.83. The number of thiophene rings is 1. The second-order valence-electron chi connectivity index (χ2n) is 4.82. The first-order valence-corrected chi connectivity index (χ1v) is 7.56. The van der Waals surface area contributed by atoms with Gasteiger partial charge in [0.15, 0.2) is 0 Å². The van der Waals surface area contributed by atoms with Gasteiger partial charge in [0.05, 0.1) is 6.54 Å². The van der Waals surface area contributed by atoms with Crippen LogP contribution in [0.5, 0.6) is 5.75 Å². The summed E-state index contributed by atoms with van der Waals surface area (Å²) in [7, 11) is 0. The highest BCUT2D eigenvalue weighted by Gasteiger charge is 2.02. The van der Waals surface area contributed by atoms with Gasteiger partial charge in [-0.15, -0.1) is 11.3 Å². The monoisotopic (exact) mass is 285 g/mol. The number of ether oxygens (including phenoxy) is 1. The van der Waals surface area contributed by atoms with Gasteiger partial charge in [-0.1, -0.05) is 37.8 Å². The summed E-state index contributed by atoms with van der Waals surface area (Å²) in [5.41, 5.74) is 7.69. The van der Waals surface area contributed by atoms with Crippen LogP contribution < -0.4 is 10.5 Å². The maximum Gasteiger partial charge on any atom is 0.122 e. The molecule has 1 aromatic heterocycles. The van der Waals surface area contributed by atoms with Gasteiger partial charge in [0.25, 0.3) is 0 Å². The molecule has 0 amide bonds. The molecule has 2 rings (SSSR count). The zero-order valence-corrected chi connectivity index (χ0v) is 12.7. The van der Waals surface area contributed by atoms with Crippen LogP contribution in [0.1, 0.15) is 35.8 Å². The van der Waals surface area contributed by atoms with Crippen molar-refractivity contribution in [3.8, 4) is 17.6 Å². The molecule has 2 aromatic rings. The minimum absolute atomic E-state index is 0.393. The van der Waals surface area contributed by atoms with Gasteiger partial charge in [-0.25, -0.2) is 0 Å². The second kappa shape index (κ2) is 7.14. The molecule has 2 nitrogen and oxygen atoms in total. The van der Waals surface area contributed by atoms with E-state index < -0.39 is 0 Å². The number of rotatable bonds is 4. The smallest absolute Gasteiger partial charge is 0.122 e. The summed E-state index contributed by atoms with van der Waals surface area (Å²) in [5.74, 6) is 7.32. The summed E-state index contributed by atoms with van der Waals surface area (Å²) in [6.45, 7) is 5.34. The number of hydrogen-bond acceptors (Lipinski definition) is 3. The fraction of sp³-hybridized carbons (Fsp3) is 0.294. The van der Waals surface area contributed by atoms with Crippen LogP contribution in [0.15, 0.2) is 35.7 Å². The fourth-order valence-electron chi connectivity index (χ4n) is 1.78. The normalized spacial score (nSPS) is 10.2. The van der Waals surface area contributed by atoms with Gasteiger partial charge in [0.1, 0.15) is 12.4 Å². The lowest BCUT2D eigenvalue weighted by Crippen LogP contribution is -1.94. The first-order valence-electron chi connectivity index (χ1n) is 6.68. The van der Waals surface area contributed by atoms with E-state index in [1.54, 1.807) is 11.3 Å². The zero-order valence-electron chi connectivity index (χ0n) is 11.8. The predicted octanol–water partition coefficient (Wildman–Crippen LogP) is 3.76. The Morgan fingerprint density at radius 1 is 1.25 bits per heavy atom. The minimum atomic E-state index is 0.393. The van der Waals surface area contributed by atoms with E-state index in [0.29, 0.717) is 19.1 Å². The quantitative estimate of drug-likeness (QED) is 0.868. The highest BCUT2D eigenvalue weighted by molar-refractivity contribution is 7.10. The molecule has 104 valence electrons. The lowest BCUT2D eigenvalue weighted by molar-refractivity contribution is 0.309. The first-order chi connectivity index (χ1) is 9.69. The van der Waals surface area contributed by atoms with Crippen molar-refractivity contribution >= 4 is 11.3 Å². The topological polar surface area (TPSA) is 35.2 Å². The maximum absolute atomic E-state index is 5.78. The van der Waals surface area contributed by atoms with E-state index in [2.05, 4.69) is 43.9 Å². The van der Waals surface area contributed by atoms with Crippen LogP contribution in [0.2, 0.25) is 0 Å². The number of nitrogens with two attached hydrogens (primary N) is 1. The molecule has 1 aromatic carbocycles. The van der Waals surface area contributed by atoms with E-state index in [1.165, 1.54) is 10.4 Å². The molecule has 0 unspecified atom stereocenters. The number of hydrogen-bond donors (Lipinski definition) is 1. The Kier molecular flexibility index (Phi) is 5.23. The molecule has 0 aliphatic rings. The molecule has 0 saturated heterocycles. The molecular formula is C17H19NOS. The van der Waals surface area contributed by atoms with Gasteiger partial charge in [-0.2, -0.15) is 0 Å². The van der Waals surface area contributed by atoms with Crippen LogP contribution in [-0.4, -0.2) is 6.54 Å². The molecule has 20 heavy (non-hydrogen) atoms. The highest BCUT2D eigenvalue weighted by atomic mass is 32.1. The Hall–Kier alpha value is -1.76. The third kappa shape index (κ3) is 4.12. The van der Waals surface area contributed by atoms with Crippen molar-refractivity contribution < 1.29 is 4.74 Å². The summed E-state index contributed by atoms with van der Waals surface area (Å²) in [5, 5.41) is 2.03. The van der Waals surface area contributed by atoms with E-state index in [0.717, 1.165) is 11.3 Å². The molecule has 0 aliphatic heterocycles. The molecule has 1 heterocycles. The minimum Gasteiger partial charge on any atom is -0.488 e. The highest BCUT2D eigenvalue weighted by Crippen LogP contribution is 2.21. The van der Waals surface area contributed by atoms with Crippen LogP contribution in [0.3, 0.4) is 0 Å². The van der Waals surface area contributed by atoms with Crippen LogP contribution in [0.25, 0.3) is 0 Å². The van der Waals surface area contributed by atoms with Crippen LogP contribution in [0.4, 0.5) is 0 Å². The van der Waals surface area contributed by atoms with Gasteiger partial charge >= 0.3 is 0 Å². The molecule has 0 fully saturated rings. The lowest BCUT2D eigenvalue weighted by Gasteiger charge is -2.08. The maximum atomic E-state index is 5.78. The molecule has 0 atom stereocenters. The molecule has 0 saturated carbocycles. The van der Waals surface area contributed by atoms with Crippen molar-refractivity contribution in [2.24, 2.45) is 5.73 Å². The van der Waals surface area contributed by atoms with Crippen molar-refractivity contribution in [2.45, 2.75) is 26.4 Å². The predicted molar refractivity (Wildman–Crippen MR) is 85.1 cm³/mol. The molecule has 0 radical (unpaired) electrons. The lowest BCUT2D eigenvalue weighted by atomic mass is 10.0. The van der Waals surface area contributed by atoms with Gasteiger partial charge in [0, 0.05) is 15.8 Å². The molecule has 2 N–H and O–H groups in total. The van der Waals surface area contributed by atoms with Crippen molar-refractivity contribution in [1.82, 2.24) is 0 Å². The molecule has 0 aliphatic carbocycles. The SMILES string of the molecule is CC(C)c1ccc(OCc2cc(C#CCN)cs2)cc1. The Morgan fingerprint density at radius 2 is 2.00 bits per heavy atom.